The van der Waals surface area contributed by atoms with E-state index in [4.69, 9.17) is 17.3 Å². The summed E-state index contributed by atoms with van der Waals surface area (Å²) in [6.45, 7) is 4.75. The molecule has 106 valence electrons. The molecule has 0 atom stereocenters. The van der Waals surface area contributed by atoms with E-state index in [1.165, 1.54) is 12.1 Å². The van der Waals surface area contributed by atoms with Gasteiger partial charge < -0.3 is 5.73 Å². The average Bonchev–Trinajstić information content (AvgIpc) is 2.66. The largest absolute Gasteiger partial charge is 0.326 e. The summed E-state index contributed by atoms with van der Waals surface area (Å²) in [5, 5.41) is 15.5. The van der Waals surface area contributed by atoms with Gasteiger partial charge in [0.25, 0.3) is 5.69 Å². The van der Waals surface area contributed by atoms with Crippen LogP contribution in [0.2, 0.25) is 5.02 Å². The van der Waals surface area contributed by atoms with E-state index in [1.807, 2.05) is 18.5 Å². The minimum atomic E-state index is -0.467. The molecule has 0 aliphatic heterocycles. The highest BCUT2D eigenvalue weighted by Gasteiger charge is 2.13. The molecule has 0 spiro atoms. The fourth-order valence-electron chi connectivity index (χ4n) is 2.12. The van der Waals surface area contributed by atoms with Crippen molar-refractivity contribution in [2.75, 3.05) is 0 Å². The molecule has 1 heterocycles. The molecule has 6 nitrogen and oxygen atoms in total. The molecule has 0 saturated carbocycles. The summed E-state index contributed by atoms with van der Waals surface area (Å²) in [6, 6.07) is 4.45. The maximum absolute atomic E-state index is 10.7. The lowest BCUT2D eigenvalue weighted by Crippen LogP contribution is -2.06. The van der Waals surface area contributed by atoms with Crippen LogP contribution in [0.5, 0.6) is 0 Å². The number of nitro groups is 1. The number of non-ortho nitro benzene ring substituents is 1. The number of nitrogens with two attached hydrogens (primary N) is 1. The van der Waals surface area contributed by atoms with Crippen molar-refractivity contribution in [1.29, 1.82) is 0 Å². The van der Waals surface area contributed by atoms with Crippen LogP contribution < -0.4 is 5.73 Å². The highest BCUT2D eigenvalue weighted by Crippen LogP contribution is 2.24. The molecule has 1 aromatic carbocycles. The Balaban J connectivity index is 2.33. The highest BCUT2D eigenvalue weighted by molar-refractivity contribution is 6.31. The first kappa shape index (κ1) is 14.5. The van der Waals surface area contributed by atoms with Crippen LogP contribution >= 0.6 is 11.6 Å². The van der Waals surface area contributed by atoms with Crippen LogP contribution in [0.1, 0.15) is 22.5 Å². The van der Waals surface area contributed by atoms with E-state index < -0.39 is 4.92 Å². The zero-order valence-electron chi connectivity index (χ0n) is 11.3. The van der Waals surface area contributed by atoms with Gasteiger partial charge in [-0.15, -0.1) is 0 Å². The fourth-order valence-corrected chi connectivity index (χ4v) is 2.36. The molecule has 2 aromatic rings. The lowest BCUT2D eigenvalue weighted by Gasteiger charge is -2.07. The number of hydrogen-bond donors (Lipinski definition) is 1. The average molecular weight is 295 g/mol. The first-order valence-corrected chi connectivity index (χ1v) is 6.47. The number of rotatable bonds is 4. The monoisotopic (exact) mass is 294 g/mol. The van der Waals surface area contributed by atoms with E-state index >= 15 is 0 Å². The van der Waals surface area contributed by atoms with Gasteiger partial charge in [-0.05, 0) is 25.5 Å². The standard InChI is InChI=1S/C13H15ClN4O2/c1-8-12(6-15)9(2)17(16-8)7-10-3-4-11(18(19)20)5-13(10)14/h3-5H,6-7,15H2,1-2H3. The van der Waals surface area contributed by atoms with E-state index in [1.54, 1.807) is 6.07 Å². The van der Waals surface area contributed by atoms with Crippen molar-refractivity contribution in [2.45, 2.75) is 26.9 Å². The number of nitro benzene ring substituents is 1. The third-order valence-electron chi connectivity index (χ3n) is 3.30. The van der Waals surface area contributed by atoms with Crippen LogP contribution in [0.3, 0.4) is 0 Å². The third kappa shape index (κ3) is 2.66. The van der Waals surface area contributed by atoms with E-state index in [9.17, 15) is 10.1 Å². The van der Waals surface area contributed by atoms with Gasteiger partial charge >= 0.3 is 0 Å². The smallest absolute Gasteiger partial charge is 0.270 e. The molecule has 0 saturated heterocycles. The SMILES string of the molecule is Cc1nn(Cc2ccc([N+](=O)[O-])cc2Cl)c(C)c1CN. The molecule has 0 amide bonds. The summed E-state index contributed by atoms with van der Waals surface area (Å²) < 4.78 is 1.81. The number of benzene rings is 1. The Kier molecular flexibility index (Phi) is 4.06. The van der Waals surface area contributed by atoms with Crippen LogP contribution in [0.25, 0.3) is 0 Å². The van der Waals surface area contributed by atoms with E-state index in [0.29, 0.717) is 18.1 Å². The van der Waals surface area contributed by atoms with Gasteiger partial charge in [0.15, 0.2) is 0 Å². The lowest BCUT2D eigenvalue weighted by atomic mass is 10.2. The molecule has 2 N–H and O–H groups in total. The van der Waals surface area contributed by atoms with Crippen molar-refractivity contribution in [3.63, 3.8) is 0 Å². The molecule has 0 aliphatic carbocycles. The lowest BCUT2D eigenvalue weighted by molar-refractivity contribution is -0.384. The first-order chi connectivity index (χ1) is 9.43. The summed E-state index contributed by atoms with van der Waals surface area (Å²) >= 11 is 6.09. The van der Waals surface area contributed by atoms with Crippen LogP contribution in [0.15, 0.2) is 18.2 Å². The quantitative estimate of drug-likeness (QED) is 0.693. The predicted molar refractivity (Wildman–Crippen MR) is 76.8 cm³/mol. The zero-order chi connectivity index (χ0) is 14.9. The van der Waals surface area contributed by atoms with Crippen LogP contribution in [-0.2, 0) is 13.1 Å². The molecular formula is C13H15ClN4O2. The maximum atomic E-state index is 10.7. The van der Waals surface area contributed by atoms with E-state index in [0.717, 1.165) is 22.5 Å². The minimum Gasteiger partial charge on any atom is -0.326 e. The van der Waals surface area contributed by atoms with Gasteiger partial charge in [-0.3, -0.25) is 14.8 Å². The maximum Gasteiger partial charge on any atom is 0.270 e. The predicted octanol–water partition coefficient (Wildman–Crippen LogP) is 2.57. The van der Waals surface area contributed by atoms with Crippen molar-refractivity contribution in [2.24, 2.45) is 5.73 Å². The summed E-state index contributed by atoms with van der Waals surface area (Å²) in [4.78, 5) is 10.2. The van der Waals surface area contributed by atoms with Gasteiger partial charge in [0.2, 0.25) is 0 Å². The van der Waals surface area contributed by atoms with Gasteiger partial charge in [0.1, 0.15) is 0 Å². The van der Waals surface area contributed by atoms with Crippen molar-refractivity contribution < 1.29 is 4.92 Å². The second-order valence-electron chi connectivity index (χ2n) is 4.54. The zero-order valence-corrected chi connectivity index (χ0v) is 12.0. The van der Waals surface area contributed by atoms with Crippen LogP contribution in [-0.4, -0.2) is 14.7 Å². The molecule has 0 aliphatic rings. The van der Waals surface area contributed by atoms with Crippen molar-refractivity contribution >= 4 is 17.3 Å². The van der Waals surface area contributed by atoms with Crippen LogP contribution in [0.4, 0.5) is 5.69 Å². The third-order valence-corrected chi connectivity index (χ3v) is 3.65. The Morgan fingerprint density at radius 3 is 2.65 bits per heavy atom. The molecule has 0 fully saturated rings. The summed E-state index contributed by atoms with van der Waals surface area (Å²) in [5.74, 6) is 0. The normalized spacial score (nSPS) is 10.8. The van der Waals surface area contributed by atoms with Gasteiger partial charge in [0.05, 0.1) is 22.2 Å². The molecule has 0 radical (unpaired) electrons. The van der Waals surface area contributed by atoms with Gasteiger partial charge in [-0.2, -0.15) is 5.10 Å². The molecule has 0 unspecified atom stereocenters. The Bertz CT molecular complexity index is 667. The van der Waals surface area contributed by atoms with Gasteiger partial charge in [-0.25, -0.2) is 0 Å². The van der Waals surface area contributed by atoms with E-state index in [2.05, 4.69) is 5.10 Å². The summed E-state index contributed by atoms with van der Waals surface area (Å²) in [7, 11) is 0. The number of aromatic nitrogens is 2. The molecule has 1 aromatic heterocycles. The highest BCUT2D eigenvalue weighted by atomic mass is 35.5. The molecule has 0 bridgehead atoms. The van der Waals surface area contributed by atoms with Crippen molar-refractivity contribution in [1.82, 2.24) is 9.78 Å². The number of nitrogens with zero attached hydrogens (tertiary/aromatic N) is 3. The molecule has 7 heteroatoms. The molecular weight excluding hydrogens is 280 g/mol. The van der Waals surface area contributed by atoms with Crippen LogP contribution in [0, 0.1) is 24.0 Å². The van der Waals surface area contributed by atoms with Gasteiger partial charge in [0, 0.05) is 29.9 Å². The van der Waals surface area contributed by atoms with Gasteiger partial charge in [-0.1, -0.05) is 11.6 Å². The summed E-state index contributed by atoms with van der Waals surface area (Å²) in [6.07, 6.45) is 0. The Morgan fingerprint density at radius 1 is 1.45 bits per heavy atom. The minimum absolute atomic E-state index is 0.0187. The second kappa shape index (κ2) is 5.60. The Hall–Kier alpha value is -1.92. The fraction of sp³-hybridized carbons (Fsp3) is 0.308. The molecule has 20 heavy (non-hydrogen) atoms. The number of hydrogen-bond acceptors (Lipinski definition) is 4. The van der Waals surface area contributed by atoms with E-state index in [-0.39, 0.29) is 5.69 Å². The Morgan fingerprint density at radius 2 is 2.15 bits per heavy atom. The number of aryl methyl sites for hydroxylation is 1. The summed E-state index contributed by atoms with van der Waals surface area (Å²) in [5.41, 5.74) is 9.35. The Labute approximate surface area is 121 Å². The molecule has 2 rings (SSSR count). The van der Waals surface area contributed by atoms with Crippen molar-refractivity contribution in [3.05, 3.63) is 55.9 Å². The van der Waals surface area contributed by atoms with Crippen molar-refractivity contribution in [3.8, 4) is 0 Å². The topological polar surface area (TPSA) is 87.0 Å². The first-order valence-electron chi connectivity index (χ1n) is 6.09. The second-order valence-corrected chi connectivity index (χ2v) is 4.95. The number of halogens is 1.